The number of anilines is 1. The Hall–Kier alpha value is -2.37. The summed E-state index contributed by atoms with van der Waals surface area (Å²) in [4.78, 5) is 33.7. The second kappa shape index (κ2) is 8.04. The average molecular weight is 293 g/mol. The Morgan fingerprint density at radius 2 is 1.81 bits per heavy atom. The van der Waals surface area contributed by atoms with Crippen LogP contribution in [-0.2, 0) is 14.3 Å². The van der Waals surface area contributed by atoms with Crippen LogP contribution in [0.25, 0.3) is 0 Å². The Kier molecular flexibility index (Phi) is 6.39. The molecule has 1 atom stereocenters. The first-order chi connectivity index (χ1) is 9.92. The highest BCUT2D eigenvalue weighted by Crippen LogP contribution is 2.13. The third-order valence-corrected chi connectivity index (χ3v) is 2.74. The van der Waals surface area contributed by atoms with Gasteiger partial charge in [-0.15, -0.1) is 0 Å². The number of hydrogen-bond acceptors (Lipinski definition) is 4. The predicted molar refractivity (Wildman–Crippen MR) is 77.1 cm³/mol. The van der Waals surface area contributed by atoms with Crippen LogP contribution in [0.3, 0.4) is 0 Å². The first-order valence-corrected chi connectivity index (χ1v) is 6.71. The molecule has 0 saturated carbocycles. The highest BCUT2D eigenvalue weighted by atomic mass is 16.5. The van der Waals surface area contributed by atoms with Crippen LogP contribution in [0.1, 0.15) is 37.0 Å². The van der Waals surface area contributed by atoms with E-state index in [1.54, 1.807) is 38.1 Å². The van der Waals surface area contributed by atoms with Crippen molar-refractivity contribution >= 4 is 23.5 Å². The molecule has 0 aromatic heterocycles. The molecule has 0 saturated heterocycles. The molecular formula is C15H19NO5. The van der Waals surface area contributed by atoms with Crippen molar-refractivity contribution in [1.29, 1.82) is 0 Å². The normalized spacial score (nSPS) is 11.5. The Morgan fingerprint density at radius 1 is 1.19 bits per heavy atom. The van der Waals surface area contributed by atoms with Crippen LogP contribution in [-0.4, -0.2) is 29.6 Å². The number of nitrogens with one attached hydrogen (secondary N) is 1. The lowest BCUT2D eigenvalue weighted by Crippen LogP contribution is -2.17. The SMILES string of the molecule is CCOC(=O)c1ccc(NC(=O)C[C@H](C)CC(=O)O)cc1. The minimum Gasteiger partial charge on any atom is -0.481 e. The van der Waals surface area contributed by atoms with Gasteiger partial charge >= 0.3 is 11.9 Å². The molecule has 6 heteroatoms. The van der Waals surface area contributed by atoms with Gasteiger partial charge in [-0.2, -0.15) is 0 Å². The van der Waals surface area contributed by atoms with E-state index in [0.29, 0.717) is 17.9 Å². The van der Waals surface area contributed by atoms with Crippen LogP contribution in [0.15, 0.2) is 24.3 Å². The molecule has 1 aromatic rings. The van der Waals surface area contributed by atoms with E-state index < -0.39 is 11.9 Å². The molecule has 6 nitrogen and oxygen atoms in total. The quantitative estimate of drug-likeness (QED) is 0.752. The van der Waals surface area contributed by atoms with Crippen LogP contribution >= 0.6 is 0 Å². The largest absolute Gasteiger partial charge is 0.481 e. The fraction of sp³-hybridized carbons (Fsp3) is 0.400. The number of benzene rings is 1. The van der Waals surface area contributed by atoms with E-state index in [2.05, 4.69) is 5.32 Å². The first kappa shape index (κ1) is 16.7. The van der Waals surface area contributed by atoms with Gasteiger partial charge in [0.1, 0.15) is 0 Å². The summed E-state index contributed by atoms with van der Waals surface area (Å²) < 4.78 is 4.86. The molecule has 0 heterocycles. The summed E-state index contributed by atoms with van der Waals surface area (Å²) in [7, 11) is 0. The standard InChI is InChI=1S/C15H19NO5/c1-3-21-15(20)11-4-6-12(7-5-11)16-13(17)8-10(2)9-14(18)19/h4-7,10H,3,8-9H2,1-2H3,(H,16,17)(H,18,19)/t10-/m0/s1. The van der Waals surface area contributed by atoms with Gasteiger partial charge in [0, 0.05) is 18.5 Å². The zero-order valence-corrected chi connectivity index (χ0v) is 12.1. The number of carboxylic acid groups (broad SMARTS) is 1. The maximum atomic E-state index is 11.7. The number of esters is 1. The molecular weight excluding hydrogens is 274 g/mol. The molecule has 114 valence electrons. The van der Waals surface area contributed by atoms with E-state index in [-0.39, 0.29) is 24.7 Å². The van der Waals surface area contributed by atoms with E-state index in [9.17, 15) is 14.4 Å². The Morgan fingerprint density at radius 3 is 2.33 bits per heavy atom. The molecule has 1 amide bonds. The number of carbonyl (C=O) groups is 3. The van der Waals surface area contributed by atoms with Crippen LogP contribution in [0.2, 0.25) is 0 Å². The summed E-state index contributed by atoms with van der Waals surface area (Å²) in [5.41, 5.74) is 0.963. The van der Waals surface area contributed by atoms with Gasteiger partial charge < -0.3 is 15.2 Å². The van der Waals surface area contributed by atoms with Crippen molar-refractivity contribution < 1.29 is 24.2 Å². The summed E-state index contributed by atoms with van der Waals surface area (Å²) in [5.74, 6) is -1.83. The van der Waals surface area contributed by atoms with E-state index >= 15 is 0 Å². The van der Waals surface area contributed by atoms with Gasteiger partial charge in [0.2, 0.25) is 5.91 Å². The summed E-state index contributed by atoms with van der Waals surface area (Å²) in [6.45, 7) is 3.74. The topological polar surface area (TPSA) is 92.7 Å². The van der Waals surface area contributed by atoms with Gasteiger partial charge in [0.05, 0.1) is 12.2 Å². The van der Waals surface area contributed by atoms with Gasteiger partial charge in [0.15, 0.2) is 0 Å². The summed E-state index contributed by atoms with van der Waals surface area (Å²) in [5, 5.41) is 11.3. The van der Waals surface area contributed by atoms with Crippen molar-refractivity contribution in [3.63, 3.8) is 0 Å². The second-order valence-electron chi connectivity index (χ2n) is 4.75. The van der Waals surface area contributed by atoms with E-state index in [4.69, 9.17) is 9.84 Å². The molecule has 1 rings (SSSR count). The summed E-state index contributed by atoms with van der Waals surface area (Å²) in [6.07, 6.45) is 0.0845. The second-order valence-corrected chi connectivity index (χ2v) is 4.75. The fourth-order valence-corrected chi connectivity index (χ4v) is 1.80. The molecule has 1 aromatic carbocycles. The third kappa shape index (κ3) is 6.07. The van der Waals surface area contributed by atoms with E-state index in [0.717, 1.165) is 0 Å². The Balaban J connectivity index is 2.53. The number of carboxylic acids is 1. The molecule has 0 unspecified atom stereocenters. The molecule has 21 heavy (non-hydrogen) atoms. The molecule has 0 radical (unpaired) electrons. The van der Waals surface area contributed by atoms with Crippen molar-refractivity contribution in [2.45, 2.75) is 26.7 Å². The van der Waals surface area contributed by atoms with Crippen molar-refractivity contribution in [2.24, 2.45) is 5.92 Å². The van der Waals surface area contributed by atoms with Gasteiger partial charge in [-0.05, 0) is 37.1 Å². The van der Waals surface area contributed by atoms with Gasteiger partial charge in [-0.3, -0.25) is 9.59 Å². The van der Waals surface area contributed by atoms with Gasteiger partial charge in [0.25, 0.3) is 0 Å². The third-order valence-electron chi connectivity index (χ3n) is 2.74. The molecule has 2 N–H and O–H groups in total. The van der Waals surface area contributed by atoms with Crippen molar-refractivity contribution in [3.8, 4) is 0 Å². The number of aliphatic carboxylic acids is 1. The molecule has 0 spiro atoms. The molecule has 0 aliphatic heterocycles. The molecule has 0 aliphatic carbocycles. The number of amides is 1. The molecule has 0 fully saturated rings. The smallest absolute Gasteiger partial charge is 0.338 e. The van der Waals surface area contributed by atoms with Crippen LogP contribution in [0.4, 0.5) is 5.69 Å². The highest BCUT2D eigenvalue weighted by Gasteiger charge is 2.13. The lowest BCUT2D eigenvalue weighted by molar-refractivity contribution is -0.138. The highest BCUT2D eigenvalue weighted by molar-refractivity contribution is 5.93. The predicted octanol–water partition coefficient (Wildman–Crippen LogP) is 2.30. The minimum atomic E-state index is -0.922. The van der Waals surface area contributed by atoms with Crippen LogP contribution in [0, 0.1) is 5.92 Å². The van der Waals surface area contributed by atoms with Crippen LogP contribution < -0.4 is 5.32 Å². The van der Waals surface area contributed by atoms with E-state index in [1.807, 2.05) is 0 Å². The monoisotopic (exact) mass is 293 g/mol. The van der Waals surface area contributed by atoms with Crippen molar-refractivity contribution in [3.05, 3.63) is 29.8 Å². The maximum Gasteiger partial charge on any atom is 0.338 e. The lowest BCUT2D eigenvalue weighted by atomic mass is 10.0. The Labute approximate surface area is 123 Å². The Bertz CT molecular complexity index is 509. The maximum absolute atomic E-state index is 11.7. The van der Waals surface area contributed by atoms with Crippen LogP contribution in [0.5, 0.6) is 0 Å². The lowest BCUT2D eigenvalue weighted by Gasteiger charge is -2.09. The number of ether oxygens (including phenoxy) is 1. The zero-order chi connectivity index (χ0) is 15.8. The fourth-order valence-electron chi connectivity index (χ4n) is 1.80. The average Bonchev–Trinajstić information content (AvgIpc) is 2.38. The number of hydrogen-bond donors (Lipinski definition) is 2. The van der Waals surface area contributed by atoms with E-state index in [1.165, 1.54) is 0 Å². The summed E-state index contributed by atoms with van der Waals surface area (Å²) >= 11 is 0. The molecule has 0 bridgehead atoms. The number of carbonyl (C=O) groups excluding carboxylic acids is 2. The zero-order valence-electron chi connectivity index (χ0n) is 12.1. The van der Waals surface area contributed by atoms with Crippen molar-refractivity contribution in [2.75, 3.05) is 11.9 Å². The van der Waals surface area contributed by atoms with Gasteiger partial charge in [-0.25, -0.2) is 4.79 Å². The summed E-state index contributed by atoms with van der Waals surface area (Å²) in [6, 6.07) is 6.33. The van der Waals surface area contributed by atoms with Gasteiger partial charge in [-0.1, -0.05) is 6.92 Å². The first-order valence-electron chi connectivity index (χ1n) is 6.71. The van der Waals surface area contributed by atoms with Crippen molar-refractivity contribution in [1.82, 2.24) is 0 Å². The number of rotatable bonds is 7. The minimum absolute atomic E-state index is 0.0464. The molecule has 0 aliphatic rings.